The second-order valence-corrected chi connectivity index (χ2v) is 8.41. The van der Waals surface area contributed by atoms with Crippen LogP contribution >= 0.6 is 0 Å². The van der Waals surface area contributed by atoms with Crippen LogP contribution in [-0.4, -0.2) is 44.9 Å². The fourth-order valence-electron chi connectivity index (χ4n) is 4.05. The molecule has 0 saturated carbocycles. The van der Waals surface area contributed by atoms with Crippen molar-refractivity contribution in [3.05, 3.63) is 77.9 Å². The maximum Gasteiger partial charge on any atom is 0.420 e. The molecule has 2 aromatic heterocycles. The van der Waals surface area contributed by atoms with E-state index in [-0.39, 0.29) is 17.0 Å². The van der Waals surface area contributed by atoms with Crippen LogP contribution in [0.15, 0.2) is 65.3 Å². The molecular weight excluding hydrogens is 506 g/mol. The Morgan fingerprint density at radius 1 is 1.05 bits per heavy atom. The van der Waals surface area contributed by atoms with Gasteiger partial charge in [-0.1, -0.05) is 18.2 Å². The van der Waals surface area contributed by atoms with Gasteiger partial charge in [-0.15, -0.1) is 10.2 Å². The van der Waals surface area contributed by atoms with Gasteiger partial charge in [0.2, 0.25) is 5.89 Å². The summed E-state index contributed by atoms with van der Waals surface area (Å²) in [4.78, 5) is 21.6. The number of benzene rings is 3. The van der Waals surface area contributed by atoms with E-state index in [0.29, 0.717) is 34.1 Å². The lowest BCUT2D eigenvalue weighted by molar-refractivity contribution is -0.136. The minimum atomic E-state index is -4.81. The normalized spacial score (nSPS) is 11.8. The Morgan fingerprint density at radius 2 is 1.82 bits per heavy atom. The SMILES string of the molecule is CON(C)C(=O)c1cc(C(F)(F)F)c2oc(-c3cccc(-c4ccc(F)cc4-c4nncn4C)c3)nc2c1. The van der Waals surface area contributed by atoms with Gasteiger partial charge in [0.25, 0.3) is 5.91 Å². The van der Waals surface area contributed by atoms with Crippen LogP contribution in [0.3, 0.4) is 0 Å². The van der Waals surface area contributed by atoms with E-state index in [1.165, 1.54) is 38.7 Å². The van der Waals surface area contributed by atoms with Gasteiger partial charge in [-0.05, 0) is 47.5 Å². The molecule has 5 rings (SSSR count). The van der Waals surface area contributed by atoms with Crippen molar-refractivity contribution in [2.75, 3.05) is 14.2 Å². The van der Waals surface area contributed by atoms with Crippen LogP contribution in [0.25, 0.3) is 45.1 Å². The maximum atomic E-state index is 14.1. The first-order valence-corrected chi connectivity index (χ1v) is 11.2. The van der Waals surface area contributed by atoms with Crippen molar-refractivity contribution in [1.29, 1.82) is 0 Å². The molecule has 0 unspecified atom stereocenters. The number of hydrogen-bond donors (Lipinski definition) is 0. The van der Waals surface area contributed by atoms with Gasteiger partial charge in [0.15, 0.2) is 11.4 Å². The van der Waals surface area contributed by atoms with Crippen LogP contribution in [0.4, 0.5) is 17.6 Å². The number of oxazole rings is 1. The van der Waals surface area contributed by atoms with Crippen molar-refractivity contribution < 1.29 is 31.6 Å². The smallest absolute Gasteiger partial charge is 0.420 e. The molecule has 5 aromatic rings. The van der Waals surface area contributed by atoms with Gasteiger partial charge < -0.3 is 8.98 Å². The zero-order valence-corrected chi connectivity index (χ0v) is 20.2. The van der Waals surface area contributed by atoms with Crippen LogP contribution in [0.1, 0.15) is 15.9 Å². The first-order valence-electron chi connectivity index (χ1n) is 11.2. The van der Waals surface area contributed by atoms with E-state index in [4.69, 9.17) is 9.25 Å². The third kappa shape index (κ3) is 4.50. The average Bonchev–Trinajstić information content (AvgIpc) is 3.52. The van der Waals surface area contributed by atoms with Crippen molar-refractivity contribution in [3.8, 4) is 34.0 Å². The van der Waals surface area contributed by atoms with Gasteiger partial charge in [-0.25, -0.2) is 14.4 Å². The highest BCUT2D eigenvalue weighted by Gasteiger charge is 2.36. The Morgan fingerprint density at radius 3 is 2.50 bits per heavy atom. The molecule has 0 aliphatic carbocycles. The van der Waals surface area contributed by atoms with Crippen molar-refractivity contribution in [2.24, 2.45) is 7.05 Å². The second-order valence-electron chi connectivity index (χ2n) is 8.41. The number of fused-ring (bicyclic) bond motifs is 1. The average molecular weight is 525 g/mol. The van der Waals surface area contributed by atoms with Crippen molar-refractivity contribution in [3.63, 3.8) is 0 Å². The van der Waals surface area contributed by atoms with Crippen LogP contribution in [-0.2, 0) is 18.1 Å². The molecule has 8 nitrogen and oxygen atoms in total. The standard InChI is InChI=1S/C26H19F4N5O3/c1-34-13-31-33-23(34)19-12-17(27)7-8-18(19)14-5-4-6-15(9-14)24-32-21-11-16(25(36)35(2)37-3)10-20(22(21)38-24)26(28,29)30/h4-13H,1-3H3. The van der Waals surface area contributed by atoms with Crippen LogP contribution in [0.2, 0.25) is 0 Å². The molecule has 0 spiro atoms. The summed E-state index contributed by atoms with van der Waals surface area (Å²) in [7, 11) is 4.23. The van der Waals surface area contributed by atoms with E-state index in [2.05, 4.69) is 15.2 Å². The summed E-state index contributed by atoms with van der Waals surface area (Å²) < 4.78 is 63.1. The van der Waals surface area contributed by atoms with Gasteiger partial charge in [-0.3, -0.25) is 9.63 Å². The Hall–Kier alpha value is -4.58. The fourth-order valence-corrected chi connectivity index (χ4v) is 4.05. The first-order chi connectivity index (χ1) is 18.1. The summed E-state index contributed by atoms with van der Waals surface area (Å²) in [5.41, 5.74) is 0.0451. The number of rotatable bonds is 5. The van der Waals surface area contributed by atoms with Crippen molar-refractivity contribution in [2.45, 2.75) is 6.18 Å². The molecule has 38 heavy (non-hydrogen) atoms. The number of amides is 1. The van der Waals surface area contributed by atoms with Crippen molar-refractivity contribution in [1.82, 2.24) is 24.8 Å². The maximum absolute atomic E-state index is 14.1. The number of carbonyl (C=O) groups excluding carboxylic acids is 1. The number of hydroxylamine groups is 2. The molecule has 0 fully saturated rings. The largest absolute Gasteiger partial charge is 0.435 e. The monoisotopic (exact) mass is 525 g/mol. The van der Waals surface area contributed by atoms with E-state index in [0.717, 1.165) is 5.06 Å². The van der Waals surface area contributed by atoms with Gasteiger partial charge in [0, 0.05) is 30.8 Å². The zero-order chi connectivity index (χ0) is 27.2. The number of hydrogen-bond acceptors (Lipinski definition) is 6. The summed E-state index contributed by atoms with van der Waals surface area (Å²) >= 11 is 0. The van der Waals surface area contributed by atoms with Crippen LogP contribution in [0, 0.1) is 5.82 Å². The Bertz CT molecular complexity index is 1680. The number of alkyl halides is 3. The van der Waals surface area contributed by atoms with Gasteiger partial charge in [-0.2, -0.15) is 13.2 Å². The summed E-state index contributed by atoms with van der Waals surface area (Å²) in [5, 5.41) is 8.73. The van der Waals surface area contributed by atoms with Crippen molar-refractivity contribution >= 4 is 17.0 Å². The Kier molecular flexibility index (Phi) is 6.19. The van der Waals surface area contributed by atoms with Crippen LogP contribution in [0.5, 0.6) is 0 Å². The van der Waals surface area contributed by atoms with Gasteiger partial charge in [0.1, 0.15) is 23.2 Å². The molecule has 0 radical (unpaired) electrons. The van der Waals surface area contributed by atoms with Gasteiger partial charge in [0.05, 0.1) is 7.11 Å². The van der Waals surface area contributed by atoms with E-state index >= 15 is 0 Å². The summed E-state index contributed by atoms with van der Waals surface area (Å²) in [6, 6.07) is 12.9. The highest BCUT2D eigenvalue weighted by Crippen LogP contribution is 2.39. The lowest BCUT2D eigenvalue weighted by Crippen LogP contribution is -2.25. The molecule has 0 bridgehead atoms. The molecular formula is C26H19F4N5O3. The minimum absolute atomic E-state index is 0.0839. The molecule has 0 saturated heterocycles. The molecule has 0 atom stereocenters. The van der Waals surface area contributed by atoms with Gasteiger partial charge >= 0.3 is 6.18 Å². The summed E-state index contributed by atoms with van der Waals surface area (Å²) in [6.07, 6.45) is -3.32. The molecule has 194 valence electrons. The second kappa shape index (κ2) is 9.38. The highest BCUT2D eigenvalue weighted by atomic mass is 19.4. The van der Waals surface area contributed by atoms with E-state index in [1.54, 1.807) is 41.9 Å². The first kappa shape index (κ1) is 25.1. The molecule has 1 amide bonds. The quantitative estimate of drug-likeness (QED) is 0.215. The molecule has 0 aliphatic heterocycles. The lowest BCUT2D eigenvalue weighted by Gasteiger charge is -2.15. The summed E-state index contributed by atoms with van der Waals surface area (Å²) in [6.45, 7) is 0. The molecule has 12 heteroatoms. The molecule has 0 aliphatic rings. The predicted octanol–water partition coefficient (Wildman–Crippen LogP) is 5.75. The van der Waals surface area contributed by atoms with Crippen LogP contribution < -0.4 is 0 Å². The topological polar surface area (TPSA) is 86.3 Å². The minimum Gasteiger partial charge on any atom is -0.435 e. The number of aryl methyl sites for hydroxylation is 1. The number of aromatic nitrogens is 4. The summed E-state index contributed by atoms with van der Waals surface area (Å²) in [5.74, 6) is -0.899. The number of carbonyl (C=O) groups is 1. The number of nitrogens with zero attached hydrogens (tertiary/aromatic N) is 5. The Balaban J connectivity index is 1.64. The van der Waals surface area contributed by atoms with E-state index in [1.807, 2.05) is 0 Å². The molecule has 3 aromatic carbocycles. The van der Waals surface area contributed by atoms with E-state index < -0.39 is 29.0 Å². The third-order valence-corrected chi connectivity index (χ3v) is 5.96. The van der Waals surface area contributed by atoms with E-state index in [9.17, 15) is 22.4 Å². The lowest BCUT2D eigenvalue weighted by atomic mass is 9.97. The highest BCUT2D eigenvalue weighted by molar-refractivity contribution is 5.98. The number of halogens is 4. The predicted molar refractivity (Wildman–Crippen MR) is 129 cm³/mol. The fraction of sp³-hybridized carbons (Fsp3) is 0.154. The molecule has 0 N–H and O–H groups in total. The Labute approximate surface area is 213 Å². The molecule has 2 heterocycles. The third-order valence-electron chi connectivity index (χ3n) is 5.96. The zero-order valence-electron chi connectivity index (χ0n) is 20.2.